The molecule has 8 heavy (non-hydrogen) atoms. The Labute approximate surface area is 50.1 Å². The molecule has 1 unspecified atom stereocenters. The molecule has 0 heterocycles. The molecule has 0 fully saturated rings. The maximum Gasteiger partial charge on any atom is 0.117 e. The van der Waals surface area contributed by atoms with E-state index in [0.29, 0.717) is 5.76 Å². The van der Waals surface area contributed by atoms with Crippen LogP contribution in [0.1, 0.15) is 6.92 Å². The van der Waals surface area contributed by atoms with E-state index in [2.05, 4.69) is 6.58 Å². The van der Waals surface area contributed by atoms with E-state index in [-0.39, 0.29) is 6.10 Å². The van der Waals surface area contributed by atoms with Gasteiger partial charge >= 0.3 is 0 Å². The Morgan fingerprint density at radius 3 is 2.12 bits per heavy atom. The van der Waals surface area contributed by atoms with Gasteiger partial charge in [-0.1, -0.05) is 6.58 Å². The summed E-state index contributed by atoms with van der Waals surface area (Å²) in [6.07, 6.45) is -0.000000000000000444. The predicted molar refractivity (Wildman–Crippen MR) is 32.6 cm³/mol. The van der Waals surface area contributed by atoms with Crippen LogP contribution in [0.25, 0.3) is 0 Å². The molecule has 0 bridgehead atoms. The van der Waals surface area contributed by atoms with E-state index in [1.807, 2.05) is 6.92 Å². The maximum absolute atomic E-state index is 4.88. The Kier molecular flexibility index (Phi) is 3.28. The fourth-order valence-corrected chi connectivity index (χ4v) is 0.297. The second kappa shape index (κ2) is 3.50. The van der Waals surface area contributed by atoms with Gasteiger partial charge in [0.15, 0.2) is 0 Å². The fraction of sp³-hybridized carbons (Fsp3) is 0.667. The molecule has 0 N–H and O–H groups in total. The van der Waals surface area contributed by atoms with Crippen LogP contribution in [0.4, 0.5) is 0 Å². The van der Waals surface area contributed by atoms with E-state index >= 15 is 0 Å². The molecule has 0 saturated heterocycles. The zero-order chi connectivity index (χ0) is 6.57. The summed E-state index contributed by atoms with van der Waals surface area (Å²) in [5.74, 6) is 0.660. The zero-order valence-corrected chi connectivity index (χ0v) is 5.60. The topological polar surface area (TPSA) is 18.5 Å². The molecule has 0 spiro atoms. The van der Waals surface area contributed by atoms with E-state index in [1.54, 1.807) is 14.2 Å². The van der Waals surface area contributed by atoms with Gasteiger partial charge in [0.05, 0.1) is 7.11 Å². The Morgan fingerprint density at radius 1 is 1.50 bits per heavy atom. The average molecular weight is 116 g/mol. The highest BCUT2D eigenvalue weighted by molar-refractivity contribution is 4.88. The van der Waals surface area contributed by atoms with Crippen molar-refractivity contribution in [2.24, 2.45) is 0 Å². The highest BCUT2D eigenvalue weighted by Crippen LogP contribution is 2.00. The van der Waals surface area contributed by atoms with E-state index < -0.39 is 0 Å². The Bertz CT molecular complexity index is 78.6. The Balaban J connectivity index is 3.46. The van der Waals surface area contributed by atoms with Crippen LogP contribution in [-0.4, -0.2) is 20.3 Å². The minimum absolute atomic E-state index is 0.000000000000000444. The van der Waals surface area contributed by atoms with Crippen LogP contribution in [0, 0.1) is 0 Å². The molecule has 0 aliphatic rings. The predicted octanol–water partition coefficient (Wildman–Crippen LogP) is 1.18. The van der Waals surface area contributed by atoms with Gasteiger partial charge in [0.1, 0.15) is 11.9 Å². The molecule has 0 aliphatic heterocycles. The molecule has 0 radical (unpaired) electrons. The monoisotopic (exact) mass is 116 g/mol. The molecule has 0 saturated carbocycles. The Morgan fingerprint density at radius 2 is 2.00 bits per heavy atom. The molecule has 0 aromatic carbocycles. The molecular formula is C6H12O2. The van der Waals surface area contributed by atoms with Crippen molar-refractivity contribution in [3.63, 3.8) is 0 Å². The highest BCUT2D eigenvalue weighted by atomic mass is 16.5. The van der Waals surface area contributed by atoms with Crippen LogP contribution in [0.15, 0.2) is 12.3 Å². The summed E-state index contributed by atoms with van der Waals surface area (Å²) in [4.78, 5) is 0. The number of methoxy groups -OCH3 is 2. The van der Waals surface area contributed by atoms with Crippen molar-refractivity contribution in [3.8, 4) is 0 Å². The summed E-state index contributed by atoms with van der Waals surface area (Å²) < 4.78 is 9.66. The van der Waals surface area contributed by atoms with Gasteiger partial charge in [-0.05, 0) is 6.92 Å². The summed E-state index contributed by atoms with van der Waals surface area (Å²) >= 11 is 0. The van der Waals surface area contributed by atoms with Crippen molar-refractivity contribution in [1.82, 2.24) is 0 Å². The molecule has 2 heteroatoms. The second-order valence-corrected chi connectivity index (χ2v) is 1.55. The fourth-order valence-electron chi connectivity index (χ4n) is 0.297. The first-order chi connectivity index (χ1) is 3.72. The first kappa shape index (κ1) is 7.50. The van der Waals surface area contributed by atoms with Gasteiger partial charge < -0.3 is 9.47 Å². The maximum atomic E-state index is 4.88. The van der Waals surface area contributed by atoms with Crippen molar-refractivity contribution < 1.29 is 9.47 Å². The van der Waals surface area contributed by atoms with Gasteiger partial charge in [-0.15, -0.1) is 0 Å². The average Bonchev–Trinajstić information content (AvgIpc) is 1.84. The molecule has 0 aliphatic carbocycles. The number of rotatable bonds is 3. The van der Waals surface area contributed by atoms with Crippen molar-refractivity contribution in [2.45, 2.75) is 13.0 Å². The highest BCUT2D eigenvalue weighted by Gasteiger charge is 2.01. The van der Waals surface area contributed by atoms with Crippen molar-refractivity contribution in [2.75, 3.05) is 14.2 Å². The van der Waals surface area contributed by atoms with Crippen LogP contribution in [0.3, 0.4) is 0 Å². The van der Waals surface area contributed by atoms with Gasteiger partial charge in [0.25, 0.3) is 0 Å². The normalized spacial score (nSPS) is 12.9. The van der Waals surface area contributed by atoms with Crippen LogP contribution in [-0.2, 0) is 9.47 Å². The molecule has 2 nitrogen and oxygen atoms in total. The molecule has 1 atom stereocenters. The largest absolute Gasteiger partial charge is 0.499 e. The first-order valence-corrected chi connectivity index (χ1v) is 2.48. The zero-order valence-electron chi connectivity index (χ0n) is 5.60. The smallest absolute Gasteiger partial charge is 0.117 e. The number of hydrogen-bond acceptors (Lipinski definition) is 2. The van der Waals surface area contributed by atoms with Crippen LogP contribution in [0.2, 0.25) is 0 Å². The first-order valence-electron chi connectivity index (χ1n) is 2.48. The van der Waals surface area contributed by atoms with Crippen LogP contribution >= 0.6 is 0 Å². The standard InChI is InChI=1S/C6H12O2/c1-5(7-3)6(2)8-4/h6H,1H2,2-4H3. The molecule has 0 amide bonds. The summed E-state index contributed by atoms with van der Waals surface area (Å²) in [6, 6.07) is 0. The lowest BCUT2D eigenvalue weighted by molar-refractivity contribution is 0.0926. The second-order valence-electron chi connectivity index (χ2n) is 1.55. The van der Waals surface area contributed by atoms with E-state index in [0.717, 1.165) is 0 Å². The SMILES string of the molecule is C=C(OC)C(C)OC. The molecule has 0 aromatic rings. The van der Waals surface area contributed by atoms with Gasteiger partial charge in [-0.2, -0.15) is 0 Å². The lowest BCUT2D eigenvalue weighted by atomic mass is 10.4. The lowest BCUT2D eigenvalue weighted by Gasteiger charge is -2.09. The molecule has 0 rings (SSSR count). The van der Waals surface area contributed by atoms with Gasteiger partial charge in [-0.25, -0.2) is 0 Å². The van der Waals surface area contributed by atoms with E-state index in [1.165, 1.54) is 0 Å². The minimum Gasteiger partial charge on any atom is -0.499 e. The quantitative estimate of drug-likeness (QED) is 0.515. The molecule has 0 aromatic heterocycles. The molecular weight excluding hydrogens is 104 g/mol. The van der Waals surface area contributed by atoms with Gasteiger partial charge in [-0.3, -0.25) is 0 Å². The number of hydrogen-bond donors (Lipinski definition) is 0. The summed E-state index contributed by atoms with van der Waals surface area (Å²) in [5.41, 5.74) is 0. The van der Waals surface area contributed by atoms with Gasteiger partial charge in [0.2, 0.25) is 0 Å². The third-order valence-electron chi connectivity index (χ3n) is 1.07. The Hall–Kier alpha value is -0.500. The van der Waals surface area contributed by atoms with Crippen molar-refractivity contribution >= 4 is 0 Å². The third-order valence-corrected chi connectivity index (χ3v) is 1.07. The summed E-state index contributed by atoms with van der Waals surface area (Å²) in [6.45, 7) is 5.48. The lowest BCUT2D eigenvalue weighted by Crippen LogP contribution is -2.08. The third kappa shape index (κ3) is 1.98. The van der Waals surface area contributed by atoms with E-state index in [4.69, 9.17) is 9.47 Å². The minimum atomic E-state index is -0.000000000000000444. The van der Waals surface area contributed by atoms with Crippen LogP contribution in [0.5, 0.6) is 0 Å². The van der Waals surface area contributed by atoms with Gasteiger partial charge in [0, 0.05) is 7.11 Å². The molecule has 48 valence electrons. The van der Waals surface area contributed by atoms with Crippen molar-refractivity contribution in [3.05, 3.63) is 12.3 Å². The van der Waals surface area contributed by atoms with E-state index in [9.17, 15) is 0 Å². The van der Waals surface area contributed by atoms with Crippen molar-refractivity contribution in [1.29, 1.82) is 0 Å². The number of ether oxygens (including phenoxy) is 2. The van der Waals surface area contributed by atoms with Crippen LogP contribution < -0.4 is 0 Å². The summed E-state index contributed by atoms with van der Waals surface area (Å²) in [7, 11) is 3.20. The summed E-state index contributed by atoms with van der Waals surface area (Å²) in [5, 5.41) is 0.